The number of aryl methyl sites for hydroxylation is 1. The third kappa shape index (κ3) is 4.97. The first kappa shape index (κ1) is 18.7. The average molecular weight is 366 g/mol. The molecule has 0 radical (unpaired) electrons. The quantitative estimate of drug-likeness (QED) is 0.364. The number of nitrogens with zero attached hydrogens (tertiary/aromatic N) is 4. The van der Waals surface area contributed by atoms with Gasteiger partial charge < -0.3 is 15.4 Å². The molecule has 0 fully saturated rings. The van der Waals surface area contributed by atoms with Crippen LogP contribution in [0.3, 0.4) is 0 Å². The van der Waals surface area contributed by atoms with Gasteiger partial charge in [-0.25, -0.2) is 0 Å². The monoisotopic (exact) mass is 366 g/mol. The van der Waals surface area contributed by atoms with Crippen molar-refractivity contribution in [3.8, 4) is 5.75 Å². The van der Waals surface area contributed by atoms with Crippen LogP contribution in [-0.4, -0.2) is 40.8 Å². The van der Waals surface area contributed by atoms with Crippen LogP contribution >= 0.6 is 0 Å². The van der Waals surface area contributed by atoms with Crippen molar-refractivity contribution in [1.29, 1.82) is 0 Å². The topological polar surface area (TPSA) is 75.8 Å². The van der Waals surface area contributed by atoms with Gasteiger partial charge in [0.25, 0.3) is 0 Å². The molecule has 0 saturated heterocycles. The van der Waals surface area contributed by atoms with Crippen molar-refractivity contribution in [2.45, 2.75) is 26.3 Å². The fraction of sp³-hybridized carbons (Fsp3) is 0.350. The van der Waals surface area contributed by atoms with E-state index in [1.54, 1.807) is 7.05 Å². The number of hydrogen-bond donors (Lipinski definition) is 2. The van der Waals surface area contributed by atoms with E-state index in [9.17, 15) is 0 Å². The van der Waals surface area contributed by atoms with Gasteiger partial charge in [-0.15, -0.1) is 10.2 Å². The highest BCUT2D eigenvalue weighted by atomic mass is 16.5. The fourth-order valence-corrected chi connectivity index (χ4v) is 2.86. The van der Waals surface area contributed by atoms with Gasteiger partial charge in [0.2, 0.25) is 0 Å². The lowest BCUT2D eigenvalue weighted by molar-refractivity contribution is 0.336. The van der Waals surface area contributed by atoms with Gasteiger partial charge in [0.05, 0.1) is 6.61 Å². The predicted octanol–water partition coefficient (Wildman–Crippen LogP) is 2.43. The van der Waals surface area contributed by atoms with Crippen LogP contribution in [0.1, 0.15) is 24.7 Å². The van der Waals surface area contributed by atoms with E-state index in [-0.39, 0.29) is 0 Å². The van der Waals surface area contributed by atoms with E-state index in [2.05, 4.69) is 31.9 Å². The van der Waals surface area contributed by atoms with Gasteiger partial charge in [-0.05, 0) is 31.5 Å². The summed E-state index contributed by atoms with van der Waals surface area (Å²) in [5.41, 5.74) is 1.99. The molecule has 0 unspecified atom stereocenters. The lowest BCUT2D eigenvalue weighted by Gasteiger charge is -2.14. The van der Waals surface area contributed by atoms with Crippen molar-refractivity contribution in [2.75, 3.05) is 20.2 Å². The minimum absolute atomic E-state index is 0.654. The molecule has 0 bridgehead atoms. The molecule has 7 heteroatoms. The summed E-state index contributed by atoms with van der Waals surface area (Å²) in [6.07, 6.45) is 3.78. The average Bonchev–Trinajstić information content (AvgIpc) is 3.12. The van der Waals surface area contributed by atoms with Gasteiger partial charge in [0, 0.05) is 38.3 Å². The summed E-state index contributed by atoms with van der Waals surface area (Å²) in [4.78, 5) is 4.28. The Kier molecular flexibility index (Phi) is 6.62. The molecule has 0 atom stereocenters. The van der Waals surface area contributed by atoms with Gasteiger partial charge in [0.15, 0.2) is 11.6 Å². The zero-order chi connectivity index (χ0) is 18.9. The molecule has 1 aromatic carbocycles. The Morgan fingerprint density at radius 2 is 1.96 bits per heavy atom. The molecule has 0 spiro atoms. The summed E-state index contributed by atoms with van der Waals surface area (Å²) in [5, 5.41) is 15.1. The van der Waals surface area contributed by atoms with E-state index in [1.807, 2.05) is 53.9 Å². The van der Waals surface area contributed by atoms with Crippen molar-refractivity contribution in [3.63, 3.8) is 0 Å². The summed E-state index contributed by atoms with van der Waals surface area (Å²) in [7, 11) is 1.77. The SMILES string of the molecule is CCOc1ccccc1CNC(=NC)NCCCc1nnc2ccccn12. The standard InChI is InChI=1S/C20H26N6O/c1-3-27-17-10-5-4-9-16(17)15-23-20(21-2)22-13-8-12-19-25-24-18-11-6-7-14-26(18)19/h4-7,9-11,14H,3,8,12-13,15H2,1-2H3,(H2,21,22,23). The Morgan fingerprint density at radius 3 is 2.81 bits per heavy atom. The number of para-hydroxylation sites is 1. The lowest BCUT2D eigenvalue weighted by atomic mass is 10.2. The molecule has 2 N–H and O–H groups in total. The maximum atomic E-state index is 5.66. The summed E-state index contributed by atoms with van der Waals surface area (Å²) in [6, 6.07) is 14.0. The van der Waals surface area contributed by atoms with Crippen LogP contribution in [0.5, 0.6) is 5.75 Å². The highest BCUT2D eigenvalue weighted by molar-refractivity contribution is 5.79. The van der Waals surface area contributed by atoms with Crippen molar-refractivity contribution < 1.29 is 4.74 Å². The molecule has 0 aliphatic heterocycles. The maximum absolute atomic E-state index is 5.66. The van der Waals surface area contributed by atoms with Crippen molar-refractivity contribution >= 4 is 11.6 Å². The molecule has 27 heavy (non-hydrogen) atoms. The summed E-state index contributed by atoms with van der Waals surface area (Å²) < 4.78 is 7.69. The lowest BCUT2D eigenvalue weighted by Crippen LogP contribution is -2.37. The van der Waals surface area contributed by atoms with Crippen LogP contribution in [0.2, 0.25) is 0 Å². The number of benzene rings is 1. The Labute approximate surface area is 159 Å². The number of rotatable bonds is 8. The molecule has 3 rings (SSSR count). The Morgan fingerprint density at radius 1 is 1.11 bits per heavy atom. The second-order valence-corrected chi connectivity index (χ2v) is 6.04. The number of aliphatic imine (C=N–C) groups is 1. The van der Waals surface area contributed by atoms with Gasteiger partial charge in [0.1, 0.15) is 11.6 Å². The van der Waals surface area contributed by atoms with Crippen LogP contribution in [0, 0.1) is 0 Å². The van der Waals surface area contributed by atoms with Crippen molar-refractivity contribution in [1.82, 2.24) is 25.2 Å². The second kappa shape index (κ2) is 9.56. The molecule has 2 heterocycles. The minimum Gasteiger partial charge on any atom is -0.494 e. The summed E-state index contributed by atoms with van der Waals surface area (Å²) >= 11 is 0. The smallest absolute Gasteiger partial charge is 0.191 e. The molecule has 142 valence electrons. The van der Waals surface area contributed by atoms with E-state index in [0.29, 0.717) is 13.2 Å². The Bertz CT molecular complexity index is 889. The van der Waals surface area contributed by atoms with Gasteiger partial charge in [-0.2, -0.15) is 0 Å². The molecule has 7 nitrogen and oxygen atoms in total. The van der Waals surface area contributed by atoms with Crippen molar-refractivity contribution in [3.05, 3.63) is 60.0 Å². The van der Waals surface area contributed by atoms with E-state index in [0.717, 1.165) is 48.1 Å². The second-order valence-electron chi connectivity index (χ2n) is 6.04. The highest BCUT2D eigenvalue weighted by Crippen LogP contribution is 2.17. The first-order valence-electron chi connectivity index (χ1n) is 9.25. The van der Waals surface area contributed by atoms with Crippen LogP contribution in [-0.2, 0) is 13.0 Å². The molecule has 0 aliphatic carbocycles. The Balaban J connectivity index is 1.46. The first-order chi connectivity index (χ1) is 13.3. The van der Waals surface area contributed by atoms with Gasteiger partial charge in [-0.3, -0.25) is 9.39 Å². The van der Waals surface area contributed by atoms with Crippen LogP contribution < -0.4 is 15.4 Å². The van der Waals surface area contributed by atoms with Crippen LogP contribution in [0.4, 0.5) is 0 Å². The minimum atomic E-state index is 0.654. The van der Waals surface area contributed by atoms with E-state index in [4.69, 9.17) is 4.74 Å². The number of guanidine groups is 1. The number of aromatic nitrogens is 3. The van der Waals surface area contributed by atoms with Gasteiger partial charge >= 0.3 is 0 Å². The van der Waals surface area contributed by atoms with Gasteiger partial charge in [-0.1, -0.05) is 24.3 Å². The maximum Gasteiger partial charge on any atom is 0.191 e. The largest absolute Gasteiger partial charge is 0.494 e. The number of hydrogen-bond acceptors (Lipinski definition) is 4. The molecule has 2 aromatic heterocycles. The Hall–Kier alpha value is -3.09. The first-order valence-corrected chi connectivity index (χ1v) is 9.25. The van der Waals surface area contributed by atoms with E-state index >= 15 is 0 Å². The summed E-state index contributed by atoms with van der Waals surface area (Å²) in [6.45, 7) is 4.10. The number of pyridine rings is 1. The van der Waals surface area contributed by atoms with Crippen LogP contribution in [0.25, 0.3) is 5.65 Å². The predicted molar refractivity (Wildman–Crippen MR) is 107 cm³/mol. The number of fused-ring (bicyclic) bond motifs is 1. The molecule has 0 aliphatic rings. The molecule has 3 aromatic rings. The third-order valence-electron chi connectivity index (χ3n) is 4.20. The molecule has 0 amide bonds. The number of nitrogens with one attached hydrogen (secondary N) is 2. The molecular formula is C20H26N6O. The third-order valence-corrected chi connectivity index (χ3v) is 4.20. The zero-order valence-electron chi connectivity index (χ0n) is 15.9. The molecular weight excluding hydrogens is 340 g/mol. The van der Waals surface area contributed by atoms with Crippen molar-refractivity contribution in [2.24, 2.45) is 4.99 Å². The molecule has 0 saturated carbocycles. The van der Waals surface area contributed by atoms with E-state index < -0.39 is 0 Å². The fourth-order valence-electron chi connectivity index (χ4n) is 2.86. The zero-order valence-corrected chi connectivity index (χ0v) is 15.9. The van der Waals surface area contributed by atoms with Crippen LogP contribution in [0.15, 0.2) is 53.7 Å². The highest BCUT2D eigenvalue weighted by Gasteiger charge is 2.06. The van der Waals surface area contributed by atoms with E-state index in [1.165, 1.54) is 0 Å². The normalized spacial score (nSPS) is 11.6. The number of ether oxygens (including phenoxy) is 1. The summed E-state index contributed by atoms with van der Waals surface area (Å²) in [5.74, 6) is 2.65.